The predicted octanol–water partition coefficient (Wildman–Crippen LogP) is 2.75. The first kappa shape index (κ1) is 15.6. The van der Waals surface area contributed by atoms with Crippen LogP contribution in [0.25, 0.3) is 0 Å². The van der Waals surface area contributed by atoms with Crippen molar-refractivity contribution in [1.29, 1.82) is 0 Å². The number of thioether (sulfide) groups is 1. The fourth-order valence-electron chi connectivity index (χ4n) is 1.75. The normalized spacial score (nSPS) is 18.0. The van der Waals surface area contributed by atoms with Crippen LogP contribution in [0.4, 0.5) is 4.79 Å². The summed E-state index contributed by atoms with van der Waals surface area (Å²) in [6.45, 7) is 5.51. The Balaban J connectivity index is 1.84. The Bertz CT molecular complexity index is 570. The summed E-state index contributed by atoms with van der Waals surface area (Å²) in [5.41, 5.74) is 0.202. The Kier molecular flexibility index (Phi) is 4.67. The molecule has 0 saturated heterocycles. The van der Waals surface area contributed by atoms with Gasteiger partial charge in [0.15, 0.2) is 0 Å². The van der Waals surface area contributed by atoms with E-state index in [1.165, 1.54) is 0 Å². The first-order chi connectivity index (χ1) is 9.88. The number of alkyl carbamates (subject to hydrolysis) is 1. The summed E-state index contributed by atoms with van der Waals surface area (Å²) >= 11 is 1.08. The first-order valence-corrected chi connectivity index (χ1v) is 7.49. The van der Waals surface area contributed by atoms with Gasteiger partial charge in [-0.1, -0.05) is 30.3 Å². The molecule has 21 heavy (non-hydrogen) atoms. The topological polar surface area (TPSA) is 67.8 Å². The largest absolute Gasteiger partial charge is 0.445 e. The van der Waals surface area contributed by atoms with Gasteiger partial charge in [-0.2, -0.15) is 0 Å². The maximum Gasteiger partial charge on any atom is 0.408 e. The van der Waals surface area contributed by atoms with Gasteiger partial charge in [0, 0.05) is 0 Å². The van der Waals surface area contributed by atoms with E-state index >= 15 is 0 Å². The second kappa shape index (κ2) is 6.30. The van der Waals surface area contributed by atoms with Crippen molar-refractivity contribution in [1.82, 2.24) is 5.32 Å². The summed E-state index contributed by atoms with van der Waals surface area (Å²) in [6, 6.07) is 9.10. The second-order valence-electron chi connectivity index (χ2n) is 5.33. The lowest BCUT2D eigenvalue weighted by molar-refractivity contribution is -0.114. The second-order valence-corrected chi connectivity index (χ2v) is 6.32. The number of nitrogens with zero attached hydrogens (tertiary/aromatic N) is 1. The number of amides is 1. The Morgan fingerprint density at radius 3 is 2.62 bits per heavy atom. The van der Waals surface area contributed by atoms with E-state index < -0.39 is 11.6 Å². The van der Waals surface area contributed by atoms with Gasteiger partial charge in [0.1, 0.15) is 12.1 Å². The molecule has 1 aromatic rings. The molecule has 1 aromatic carbocycles. The van der Waals surface area contributed by atoms with Crippen molar-refractivity contribution >= 4 is 28.0 Å². The summed E-state index contributed by atoms with van der Waals surface area (Å²) in [7, 11) is 0. The minimum absolute atomic E-state index is 0.0104. The molecule has 6 heteroatoms. The predicted molar refractivity (Wildman–Crippen MR) is 83.3 cm³/mol. The lowest BCUT2D eigenvalue weighted by Gasteiger charge is -2.13. The van der Waals surface area contributed by atoms with Crippen molar-refractivity contribution in [2.75, 3.05) is 0 Å². The summed E-state index contributed by atoms with van der Waals surface area (Å²) in [6.07, 6.45) is -0.521. The average molecular weight is 306 g/mol. The number of rotatable bonds is 4. The van der Waals surface area contributed by atoms with E-state index in [9.17, 15) is 9.59 Å². The van der Waals surface area contributed by atoms with Crippen LogP contribution < -0.4 is 5.32 Å². The van der Waals surface area contributed by atoms with Crippen molar-refractivity contribution in [2.24, 2.45) is 4.99 Å². The number of carbonyl (C=O) groups is 2. The molecule has 0 spiro atoms. The zero-order chi connectivity index (χ0) is 15.5. The third-order valence-electron chi connectivity index (χ3n) is 3.00. The van der Waals surface area contributed by atoms with Crippen LogP contribution in [0.3, 0.4) is 0 Å². The number of benzene rings is 1. The maximum absolute atomic E-state index is 11.7. The number of ether oxygens (including phenoxy) is 1. The highest BCUT2D eigenvalue weighted by Gasteiger charge is 2.37. The third kappa shape index (κ3) is 4.07. The van der Waals surface area contributed by atoms with Gasteiger partial charge in [-0.05, 0) is 38.1 Å². The number of hydrogen-bond acceptors (Lipinski definition) is 5. The quantitative estimate of drug-likeness (QED) is 0.928. The molecule has 1 amide bonds. The van der Waals surface area contributed by atoms with Gasteiger partial charge in [-0.25, -0.2) is 4.79 Å². The highest BCUT2D eigenvalue weighted by atomic mass is 32.2. The van der Waals surface area contributed by atoms with Crippen LogP contribution in [0.2, 0.25) is 0 Å². The van der Waals surface area contributed by atoms with Crippen LogP contribution >= 0.6 is 11.8 Å². The van der Waals surface area contributed by atoms with E-state index in [1.807, 2.05) is 30.3 Å². The van der Waals surface area contributed by atoms with Crippen LogP contribution in [0.15, 0.2) is 35.3 Å². The zero-order valence-electron chi connectivity index (χ0n) is 12.3. The molecule has 0 radical (unpaired) electrons. The molecule has 2 rings (SSSR count). The van der Waals surface area contributed by atoms with Gasteiger partial charge >= 0.3 is 6.09 Å². The number of hydrogen-bond donors (Lipinski definition) is 1. The van der Waals surface area contributed by atoms with E-state index in [0.717, 1.165) is 17.3 Å². The van der Waals surface area contributed by atoms with Crippen molar-refractivity contribution in [3.05, 3.63) is 35.9 Å². The molecule has 5 nitrogen and oxygen atoms in total. The Hall–Kier alpha value is -1.82. The van der Waals surface area contributed by atoms with Gasteiger partial charge in [0.25, 0.3) is 0 Å². The Morgan fingerprint density at radius 1 is 1.38 bits per heavy atom. The molecule has 0 aliphatic carbocycles. The molecule has 1 N–H and O–H groups in total. The van der Waals surface area contributed by atoms with Crippen molar-refractivity contribution in [2.45, 2.75) is 39.0 Å². The molecule has 0 bridgehead atoms. The van der Waals surface area contributed by atoms with E-state index in [1.54, 1.807) is 20.8 Å². The molecule has 1 aliphatic rings. The summed E-state index contributed by atoms with van der Waals surface area (Å²) in [4.78, 5) is 27.8. The number of nitrogens with one attached hydrogen (secondary N) is 1. The molecule has 1 heterocycles. The molecule has 0 saturated carbocycles. The van der Waals surface area contributed by atoms with E-state index in [2.05, 4.69) is 10.3 Å². The molecule has 1 atom stereocenters. The highest BCUT2D eigenvalue weighted by molar-refractivity contribution is 8.27. The molecule has 0 unspecified atom stereocenters. The van der Waals surface area contributed by atoms with Crippen LogP contribution in [0, 0.1) is 0 Å². The molecular formula is C15H18N2O3S. The molecular weight excluding hydrogens is 288 g/mol. The first-order valence-electron chi connectivity index (χ1n) is 6.68. The fraction of sp³-hybridized carbons (Fsp3) is 0.400. The van der Waals surface area contributed by atoms with Gasteiger partial charge < -0.3 is 10.1 Å². The Labute approximate surface area is 128 Å². The standard InChI is InChI=1S/C15H18N2O3S/c1-10(12-17-15(2,3)13(18)21-12)16-14(19)20-9-11-7-5-4-6-8-11/h4-8,10H,9H2,1-3H3,(H,16,19)/t10-/m0/s1. The van der Waals surface area contributed by atoms with Crippen molar-refractivity contribution in [3.8, 4) is 0 Å². The molecule has 112 valence electrons. The minimum Gasteiger partial charge on any atom is -0.445 e. The lowest BCUT2D eigenvalue weighted by Crippen LogP contribution is -2.37. The van der Waals surface area contributed by atoms with Gasteiger partial charge in [-0.15, -0.1) is 0 Å². The summed E-state index contributed by atoms with van der Waals surface area (Å²) in [5.74, 6) is 0. The van der Waals surface area contributed by atoms with E-state index in [0.29, 0.717) is 5.04 Å². The van der Waals surface area contributed by atoms with E-state index in [4.69, 9.17) is 4.74 Å². The van der Waals surface area contributed by atoms with Crippen molar-refractivity contribution < 1.29 is 14.3 Å². The smallest absolute Gasteiger partial charge is 0.408 e. The minimum atomic E-state index is -0.718. The van der Waals surface area contributed by atoms with Crippen LogP contribution in [-0.4, -0.2) is 27.8 Å². The van der Waals surface area contributed by atoms with Gasteiger partial charge in [0.2, 0.25) is 5.12 Å². The van der Waals surface area contributed by atoms with E-state index in [-0.39, 0.29) is 17.8 Å². The maximum atomic E-state index is 11.7. The zero-order valence-corrected chi connectivity index (χ0v) is 13.1. The number of aliphatic imine (C=N–C) groups is 1. The SMILES string of the molecule is C[C@H](NC(=O)OCc1ccccc1)C1=NC(C)(C)C(=O)S1. The third-order valence-corrected chi connectivity index (χ3v) is 4.34. The van der Waals surface area contributed by atoms with Gasteiger partial charge in [-0.3, -0.25) is 9.79 Å². The fourth-order valence-corrected chi connectivity index (χ4v) is 2.75. The summed E-state index contributed by atoms with van der Waals surface area (Å²) < 4.78 is 5.14. The Morgan fingerprint density at radius 2 is 2.05 bits per heavy atom. The molecule has 1 aliphatic heterocycles. The summed E-state index contributed by atoms with van der Waals surface area (Å²) in [5, 5.41) is 3.29. The van der Waals surface area contributed by atoms with Gasteiger partial charge in [0.05, 0.1) is 11.1 Å². The van der Waals surface area contributed by atoms with Crippen LogP contribution in [0.1, 0.15) is 26.3 Å². The monoisotopic (exact) mass is 306 g/mol. The number of carbonyl (C=O) groups excluding carboxylic acids is 2. The lowest BCUT2D eigenvalue weighted by atomic mass is 10.1. The van der Waals surface area contributed by atoms with Crippen LogP contribution in [-0.2, 0) is 16.1 Å². The highest BCUT2D eigenvalue weighted by Crippen LogP contribution is 2.30. The molecule has 0 aromatic heterocycles. The van der Waals surface area contributed by atoms with Crippen molar-refractivity contribution in [3.63, 3.8) is 0 Å². The molecule has 0 fully saturated rings. The average Bonchev–Trinajstić information content (AvgIpc) is 2.72. The van der Waals surface area contributed by atoms with Crippen LogP contribution in [0.5, 0.6) is 0 Å².